The molecule has 0 saturated heterocycles. The number of ether oxygens (including phenoxy) is 2. The van der Waals surface area contributed by atoms with Crippen LogP contribution in [0.2, 0.25) is 0 Å². The molecular weight excluding hydrogens is 490 g/mol. The van der Waals surface area contributed by atoms with Crippen molar-refractivity contribution in [3.8, 4) is 17.0 Å². The van der Waals surface area contributed by atoms with E-state index >= 15 is 0 Å². The summed E-state index contributed by atoms with van der Waals surface area (Å²) in [6, 6.07) is 18.6. The summed E-state index contributed by atoms with van der Waals surface area (Å²) in [5, 5.41) is 21.9. The van der Waals surface area contributed by atoms with Gasteiger partial charge in [-0.1, -0.05) is 45.9 Å². The van der Waals surface area contributed by atoms with Gasteiger partial charge >= 0.3 is 5.97 Å². The third-order valence-electron chi connectivity index (χ3n) is 7.91. The number of benzene rings is 2. The third-order valence-corrected chi connectivity index (χ3v) is 7.91. The monoisotopic (exact) mass is 537 g/mol. The van der Waals surface area contributed by atoms with Crippen LogP contribution in [-0.4, -0.2) is 46.2 Å². The highest BCUT2D eigenvalue weighted by Gasteiger charge is 2.38. The highest BCUT2D eigenvalue weighted by Crippen LogP contribution is 2.35. The summed E-state index contributed by atoms with van der Waals surface area (Å²) in [5.74, 6) is 1.19. The fraction of sp³-hybridized carbons (Fsp3) is 0.545. The van der Waals surface area contributed by atoms with Crippen LogP contribution in [-0.2, 0) is 16.6 Å². The number of rotatable bonds is 15. The average Bonchev–Trinajstić information content (AvgIpc) is 3.24. The first-order chi connectivity index (χ1) is 18.5. The molecule has 1 heterocycles. The largest absolute Gasteiger partial charge is 0.494 e. The normalized spacial score (nSPS) is 14.9. The van der Waals surface area contributed by atoms with Crippen molar-refractivity contribution in [1.29, 1.82) is 0 Å². The second-order valence-corrected chi connectivity index (χ2v) is 11.7. The van der Waals surface area contributed by atoms with Gasteiger partial charge in [-0.05, 0) is 92.8 Å². The Morgan fingerprint density at radius 1 is 0.923 bits per heavy atom. The van der Waals surface area contributed by atoms with Crippen LogP contribution < -0.4 is 4.74 Å². The highest BCUT2D eigenvalue weighted by atomic mass is 16.5. The molecule has 214 valence electrons. The quantitative estimate of drug-likeness (QED) is 0.165. The van der Waals surface area contributed by atoms with Gasteiger partial charge in [-0.15, -0.1) is 0 Å². The number of carbonyl (C=O) groups is 1. The minimum atomic E-state index is -0.851. The molecule has 0 aliphatic carbocycles. The van der Waals surface area contributed by atoms with Crippen LogP contribution in [0.25, 0.3) is 22.2 Å². The molecule has 2 N–H and O–H groups in total. The minimum Gasteiger partial charge on any atom is -0.494 e. The van der Waals surface area contributed by atoms with Crippen LogP contribution in [0.4, 0.5) is 0 Å². The summed E-state index contributed by atoms with van der Waals surface area (Å²) in [7, 11) is 2.07. The Hall–Kier alpha value is -2.83. The molecule has 0 amide bonds. The van der Waals surface area contributed by atoms with Gasteiger partial charge in [0.05, 0.1) is 30.8 Å². The average molecular weight is 538 g/mol. The van der Waals surface area contributed by atoms with Gasteiger partial charge in [0, 0.05) is 23.6 Å². The molecule has 0 aliphatic rings. The van der Waals surface area contributed by atoms with Gasteiger partial charge in [-0.25, -0.2) is 0 Å². The van der Waals surface area contributed by atoms with Crippen LogP contribution in [0, 0.1) is 17.3 Å². The Morgan fingerprint density at radius 2 is 1.54 bits per heavy atom. The minimum absolute atomic E-state index is 0.177. The number of carbonyl (C=O) groups excluding carboxylic acids is 1. The van der Waals surface area contributed by atoms with E-state index in [0.717, 1.165) is 23.4 Å². The number of aryl methyl sites for hydroxylation is 1. The van der Waals surface area contributed by atoms with Crippen LogP contribution >= 0.6 is 0 Å². The van der Waals surface area contributed by atoms with E-state index in [-0.39, 0.29) is 18.5 Å². The fourth-order valence-corrected chi connectivity index (χ4v) is 5.18. The summed E-state index contributed by atoms with van der Waals surface area (Å²) >= 11 is 0. The SMILES string of the molecule is CC(C)CC(C)(C(=O)OCCCC(O)C(O)CCCOc1ccc(-c2cc3ccccc3n2C)cc1)C(C)C. The molecule has 3 atom stereocenters. The lowest BCUT2D eigenvalue weighted by atomic mass is 9.73. The maximum atomic E-state index is 12.7. The predicted octanol–water partition coefficient (Wildman–Crippen LogP) is 6.76. The fourth-order valence-electron chi connectivity index (χ4n) is 5.18. The Morgan fingerprint density at radius 3 is 2.13 bits per heavy atom. The molecule has 0 spiro atoms. The standard InChI is InChI=1S/C33H47NO5/c1-23(2)22-33(5,24(3)4)32(37)39-20-10-14-31(36)30(35)13-9-19-38-27-17-15-25(16-18-27)29-21-26-11-7-8-12-28(26)34(29)6/h7-8,11-12,15-18,21,23-24,30-31,35-36H,9-10,13-14,19-20,22H2,1-6H3. The van der Waals surface area contributed by atoms with Crippen LogP contribution in [0.1, 0.15) is 66.7 Å². The molecule has 1 aromatic heterocycles. The van der Waals surface area contributed by atoms with Crippen LogP contribution in [0.5, 0.6) is 5.75 Å². The Balaban J connectivity index is 1.36. The maximum absolute atomic E-state index is 12.7. The molecule has 2 aromatic carbocycles. The first-order valence-corrected chi connectivity index (χ1v) is 14.3. The van der Waals surface area contributed by atoms with Crippen LogP contribution in [0.15, 0.2) is 54.6 Å². The number of esters is 1. The summed E-state index contributed by atoms with van der Waals surface area (Å²) < 4.78 is 13.6. The van der Waals surface area contributed by atoms with Crippen molar-refractivity contribution in [1.82, 2.24) is 4.57 Å². The van der Waals surface area contributed by atoms with Gasteiger partial charge in [0.1, 0.15) is 5.75 Å². The van der Waals surface area contributed by atoms with E-state index in [4.69, 9.17) is 9.47 Å². The number of nitrogens with zero attached hydrogens (tertiary/aromatic N) is 1. The summed E-state index contributed by atoms with van der Waals surface area (Å²) in [4.78, 5) is 12.7. The summed E-state index contributed by atoms with van der Waals surface area (Å²) in [6.45, 7) is 11.0. The maximum Gasteiger partial charge on any atom is 0.312 e. The van der Waals surface area contributed by atoms with Crippen molar-refractivity contribution >= 4 is 16.9 Å². The van der Waals surface area contributed by atoms with Crippen molar-refractivity contribution < 1.29 is 24.5 Å². The van der Waals surface area contributed by atoms with Gasteiger partial charge in [0.25, 0.3) is 0 Å². The molecule has 3 unspecified atom stereocenters. The molecule has 0 saturated carbocycles. The zero-order valence-corrected chi connectivity index (χ0v) is 24.5. The third kappa shape index (κ3) is 8.09. The number of fused-ring (bicyclic) bond motifs is 1. The predicted molar refractivity (Wildman–Crippen MR) is 158 cm³/mol. The van der Waals surface area contributed by atoms with Gasteiger partial charge in [-0.2, -0.15) is 0 Å². The zero-order chi connectivity index (χ0) is 28.6. The number of aliphatic hydroxyl groups is 2. The van der Waals surface area contributed by atoms with E-state index in [1.54, 1.807) is 0 Å². The molecule has 0 radical (unpaired) electrons. The lowest BCUT2D eigenvalue weighted by Gasteiger charge is -2.33. The molecule has 3 aromatic rings. The van der Waals surface area contributed by atoms with Gasteiger partial charge in [0.2, 0.25) is 0 Å². The van der Waals surface area contributed by atoms with E-state index in [2.05, 4.69) is 69.6 Å². The first kappa shape index (κ1) is 30.7. The number of aromatic nitrogens is 1. The van der Waals surface area contributed by atoms with Crippen molar-refractivity contribution in [2.45, 2.75) is 78.9 Å². The Kier molecular flexibility index (Phi) is 11.0. The second-order valence-electron chi connectivity index (χ2n) is 11.7. The molecule has 0 fully saturated rings. The van der Waals surface area contributed by atoms with Crippen molar-refractivity contribution in [3.63, 3.8) is 0 Å². The van der Waals surface area contributed by atoms with E-state index in [0.29, 0.717) is 38.2 Å². The lowest BCUT2D eigenvalue weighted by Crippen LogP contribution is -2.36. The molecule has 6 heteroatoms. The van der Waals surface area contributed by atoms with Gasteiger partial charge in [-0.3, -0.25) is 4.79 Å². The molecule has 0 aliphatic heterocycles. The highest BCUT2D eigenvalue weighted by molar-refractivity contribution is 5.87. The number of para-hydroxylation sites is 1. The van der Waals surface area contributed by atoms with Crippen molar-refractivity contribution in [2.75, 3.05) is 13.2 Å². The molecule has 0 bridgehead atoms. The van der Waals surface area contributed by atoms with E-state index in [1.165, 1.54) is 10.9 Å². The van der Waals surface area contributed by atoms with E-state index in [1.807, 2.05) is 31.2 Å². The second kappa shape index (κ2) is 14.0. The summed E-state index contributed by atoms with van der Waals surface area (Å²) in [5.41, 5.74) is 2.96. The number of hydrogen-bond donors (Lipinski definition) is 2. The Bertz CT molecular complexity index is 1180. The molecule has 39 heavy (non-hydrogen) atoms. The van der Waals surface area contributed by atoms with E-state index in [9.17, 15) is 15.0 Å². The molecule has 3 rings (SSSR count). The van der Waals surface area contributed by atoms with Crippen molar-refractivity contribution in [3.05, 3.63) is 54.6 Å². The summed E-state index contributed by atoms with van der Waals surface area (Å²) in [6.07, 6.45) is 1.05. The zero-order valence-electron chi connectivity index (χ0n) is 24.5. The van der Waals surface area contributed by atoms with Crippen molar-refractivity contribution in [2.24, 2.45) is 24.3 Å². The lowest BCUT2D eigenvalue weighted by molar-refractivity contribution is -0.159. The van der Waals surface area contributed by atoms with Gasteiger partial charge < -0.3 is 24.3 Å². The van der Waals surface area contributed by atoms with Crippen LogP contribution in [0.3, 0.4) is 0 Å². The van der Waals surface area contributed by atoms with Gasteiger partial charge in [0.15, 0.2) is 0 Å². The molecule has 6 nitrogen and oxygen atoms in total. The smallest absolute Gasteiger partial charge is 0.312 e. The Labute approximate surface area is 234 Å². The number of hydrogen-bond acceptors (Lipinski definition) is 5. The first-order valence-electron chi connectivity index (χ1n) is 14.3. The number of aliphatic hydroxyl groups excluding tert-OH is 2. The van der Waals surface area contributed by atoms with E-state index < -0.39 is 17.6 Å². The molecular formula is C33H47NO5. The topological polar surface area (TPSA) is 80.9 Å².